The van der Waals surface area contributed by atoms with E-state index in [1.165, 1.54) is 0 Å². The van der Waals surface area contributed by atoms with Crippen LogP contribution in [0.25, 0.3) is 6.08 Å². The molecule has 3 rings (SSSR count). The molecule has 0 aromatic heterocycles. The molecule has 0 heterocycles. The number of carboxylic acid groups (broad SMARTS) is 1. The van der Waals surface area contributed by atoms with Gasteiger partial charge < -0.3 is 5.11 Å². The molecule has 0 spiro atoms. The molecule has 2 N–H and O–H groups in total. The van der Waals surface area contributed by atoms with Gasteiger partial charge in [-0.1, -0.05) is 30.9 Å². The first kappa shape index (κ1) is 20.1. The Morgan fingerprint density at radius 1 is 1.25 bits per heavy atom. The van der Waals surface area contributed by atoms with Gasteiger partial charge in [-0.05, 0) is 73.4 Å². The first-order valence-corrected chi connectivity index (χ1v) is 10.9. The molecule has 2 aromatic rings. The van der Waals surface area contributed by atoms with Crippen LogP contribution in [-0.2, 0) is 34.1 Å². The van der Waals surface area contributed by atoms with Gasteiger partial charge in [0.15, 0.2) is 0 Å². The Labute approximate surface area is 166 Å². The van der Waals surface area contributed by atoms with Crippen molar-refractivity contribution in [3.8, 4) is 0 Å². The van der Waals surface area contributed by atoms with Gasteiger partial charge in [0.25, 0.3) is 10.0 Å². The zero-order valence-electron chi connectivity index (χ0n) is 16.0. The summed E-state index contributed by atoms with van der Waals surface area (Å²) in [4.78, 5) is 11.4. The molecular formula is C22H25NO4S. The summed E-state index contributed by atoms with van der Waals surface area (Å²) >= 11 is 0. The summed E-state index contributed by atoms with van der Waals surface area (Å²) < 4.78 is 28.7. The van der Waals surface area contributed by atoms with Crippen LogP contribution in [0.3, 0.4) is 0 Å². The fourth-order valence-corrected chi connectivity index (χ4v) is 5.22. The number of fused-ring (bicyclic) bond motifs is 1. The van der Waals surface area contributed by atoms with Crippen LogP contribution in [0.15, 0.2) is 41.8 Å². The third-order valence-electron chi connectivity index (χ3n) is 5.23. The van der Waals surface area contributed by atoms with Crippen molar-refractivity contribution >= 4 is 27.8 Å². The number of carbonyl (C=O) groups is 1. The quantitative estimate of drug-likeness (QED) is 0.726. The van der Waals surface area contributed by atoms with Crippen molar-refractivity contribution in [3.63, 3.8) is 0 Å². The minimum Gasteiger partial charge on any atom is -0.481 e. The van der Waals surface area contributed by atoms with Crippen molar-refractivity contribution in [2.24, 2.45) is 0 Å². The van der Waals surface area contributed by atoms with Crippen LogP contribution in [-0.4, -0.2) is 19.5 Å². The average molecular weight is 400 g/mol. The van der Waals surface area contributed by atoms with E-state index in [9.17, 15) is 13.2 Å². The Bertz CT molecular complexity index is 1030. The summed E-state index contributed by atoms with van der Waals surface area (Å²) in [5.41, 5.74) is 4.97. The van der Waals surface area contributed by atoms with Gasteiger partial charge in [-0.25, -0.2) is 8.42 Å². The Hall–Kier alpha value is -2.60. The molecule has 0 saturated carbocycles. The fourth-order valence-electron chi connectivity index (χ4n) is 3.90. The molecule has 0 bridgehead atoms. The number of carboxylic acids is 1. The SMILES string of the molecule is C=Cc1c(NS(=O)(=O)c2ccccc2C)cc2c(c1CCC(=O)O)CCCC2. The molecule has 1 aliphatic rings. The largest absolute Gasteiger partial charge is 0.481 e. The van der Waals surface area contributed by atoms with Gasteiger partial charge in [0.2, 0.25) is 0 Å². The lowest BCUT2D eigenvalue weighted by atomic mass is 9.83. The maximum atomic E-state index is 13.0. The molecule has 2 aromatic carbocycles. The molecule has 0 atom stereocenters. The van der Waals surface area contributed by atoms with E-state index in [4.69, 9.17) is 5.11 Å². The zero-order valence-corrected chi connectivity index (χ0v) is 16.8. The van der Waals surface area contributed by atoms with Crippen LogP contribution in [0.2, 0.25) is 0 Å². The molecule has 0 radical (unpaired) electrons. The van der Waals surface area contributed by atoms with Gasteiger partial charge in [-0.2, -0.15) is 0 Å². The van der Waals surface area contributed by atoms with Gasteiger partial charge in [-0.15, -0.1) is 0 Å². The van der Waals surface area contributed by atoms with Crippen LogP contribution in [0.5, 0.6) is 0 Å². The van der Waals surface area contributed by atoms with E-state index in [0.717, 1.165) is 42.4 Å². The second-order valence-corrected chi connectivity index (χ2v) is 8.78. The van der Waals surface area contributed by atoms with Gasteiger partial charge >= 0.3 is 5.97 Å². The number of aryl methyl sites for hydroxylation is 2. The number of hydrogen-bond acceptors (Lipinski definition) is 3. The molecule has 0 aliphatic heterocycles. The molecule has 148 valence electrons. The Balaban J connectivity index is 2.10. The van der Waals surface area contributed by atoms with Gasteiger partial charge in [0, 0.05) is 12.0 Å². The van der Waals surface area contributed by atoms with Crippen molar-refractivity contribution in [1.29, 1.82) is 0 Å². The third kappa shape index (κ3) is 4.12. The van der Waals surface area contributed by atoms with Gasteiger partial charge in [-0.3, -0.25) is 9.52 Å². The molecule has 5 nitrogen and oxygen atoms in total. The average Bonchev–Trinajstić information content (AvgIpc) is 2.65. The number of rotatable bonds is 7. The maximum Gasteiger partial charge on any atom is 0.303 e. The minimum atomic E-state index is -3.77. The maximum absolute atomic E-state index is 13.0. The fraction of sp³-hybridized carbons (Fsp3) is 0.318. The number of sulfonamides is 1. The zero-order chi connectivity index (χ0) is 20.3. The molecular weight excluding hydrogens is 374 g/mol. The minimum absolute atomic E-state index is 0.00127. The highest BCUT2D eigenvalue weighted by molar-refractivity contribution is 7.92. The number of benzene rings is 2. The van der Waals surface area contributed by atoms with Crippen LogP contribution < -0.4 is 4.72 Å². The molecule has 6 heteroatoms. The van der Waals surface area contributed by atoms with Crippen molar-refractivity contribution in [2.75, 3.05) is 4.72 Å². The van der Waals surface area contributed by atoms with Crippen LogP contribution in [0.1, 0.15) is 47.1 Å². The lowest BCUT2D eigenvalue weighted by Crippen LogP contribution is -2.18. The van der Waals surface area contributed by atoms with E-state index < -0.39 is 16.0 Å². The van der Waals surface area contributed by atoms with Crippen molar-refractivity contribution in [2.45, 2.75) is 50.3 Å². The third-order valence-corrected chi connectivity index (χ3v) is 6.75. The van der Waals surface area contributed by atoms with E-state index in [0.29, 0.717) is 23.2 Å². The number of anilines is 1. The highest BCUT2D eigenvalue weighted by Crippen LogP contribution is 2.35. The Kier molecular flexibility index (Phi) is 5.89. The van der Waals surface area contributed by atoms with Crippen molar-refractivity contribution < 1.29 is 18.3 Å². The first-order valence-electron chi connectivity index (χ1n) is 9.44. The van der Waals surface area contributed by atoms with Crippen LogP contribution in [0, 0.1) is 6.92 Å². The van der Waals surface area contributed by atoms with E-state index in [-0.39, 0.29) is 11.3 Å². The predicted molar refractivity (Wildman–Crippen MR) is 111 cm³/mol. The van der Waals surface area contributed by atoms with E-state index in [1.54, 1.807) is 37.3 Å². The highest BCUT2D eigenvalue weighted by atomic mass is 32.2. The van der Waals surface area contributed by atoms with E-state index in [2.05, 4.69) is 11.3 Å². The topological polar surface area (TPSA) is 83.5 Å². The van der Waals surface area contributed by atoms with Crippen LogP contribution >= 0.6 is 0 Å². The van der Waals surface area contributed by atoms with Crippen molar-refractivity contribution in [1.82, 2.24) is 0 Å². The lowest BCUT2D eigenvalue weighted by Gasteiger charge is -2.24. The summed E-state index contributed by atoms with van der Waals surface area (Å²) in [5.74, 6) is -0.870. The molecule has 0 unspecified atom stereocenters. The van der Waals surface area contributed by atoms with E-state index in [1.807, 2.05) is 6.07 Å². The second kappa shape index (κ2) is 8.19. The Morgan fingerprint density at radius 2 is 1.96 bits per heavy atom. The van der Waals surface area contributed by atoms with Crippen molar-refractivity contribution in [3.05, 3.63) is 64.7 Å². The smallest absolute Gasteiger partial charge is 0.303 e. The monoisotopic (exact) mass is 399 g/mol. The lowest BCUT2D eigenvalue weighted by molar-refractivity contribution is -0.136. The molecule has 0 fully saturated rings. The summed E-state index contributed by atoms with van der Waals surface area (Å²) in [7, 11) is -3.77. The summed E-state index contributed by atoms with van der Waals surface area (Å²) in [5, 5.41) is 9.14. The summed E-state index contributed by atoms with van der Waals surface area (Å²) in [6.45, 7) is 5.62. The standard InChI is InChI=1S/C22H25NO4S/c1-3-17-19(12-13-22(24)25)18-10-6-5-9-16(18)14-20(17)23-28(26,27)21-11-7-4-8-15(21)2/h3-4,7-8,11,14,23H,1,5-6,9-10,12-13H2,2H3,(H,24,25). The number of hydrogen-bond donors (Lipinski definition) is 2. The van der Waals surface area contributed by atoms with E-state index >= 15 is 0 Å². The highest BCUT2D eigenvalue weighted by Gasteiger charge is 2.23. The summed E-state index contributed by atoms with van der Waals surface area (Å²) in [6, 6.07) is 8.72. The molecule has 0 amide bonds. The van der Waals surface area contributed by atoms with Gasteiger partial charge in [0.05, 0.1) is 10.6 Å². The Morgan fingerprint density at radius 3 is 2.64 bits per heavy atom. The number of aliphatic carboxylic acids is 1. The van der Waals surface area contributed by atoms with Gasteiger partial charge in [0.1, 0.15) is 0 Å². The first-order chi connectivity index (χ1) is 13.3. The van der Waals surface area contributed by atoms with Crippen LogP contribution in [0.4, 0.5) is 5.69 Å². The molecule has 1 aliphatic carbocycles. The summed E-state index contributed by atoms with van der Waals surface area (Å²) in [6.07, 6.45) is 5.84. The second-order valence-electron chi connectivity index (χ2n) is 7.13. The normalized spacial score (nSPS) is 13.6. The molecule has 28 heavy (non-hydrogen) atoms. The molecule has 0 saturated heterocycles. The number of nitrogens with one attached hydrogen (secondary N) is 1. The predicted octanol–water partition coefficient (Wildman–Crippen LogP) is 4.33.